The zero-order valence-electron chi connectivity index (χ0n) is 9.83. The fourth-order valence-electron chi connectivity index (χ4n) is 2.66. The Labute approximate surface area is 107 Å². The smallest absolute Gasteiger partial charge is 0.130 e. The molecule has 0 aliphatic heterocycles. The van der Waals surface area contributed by atoms with Crippen LogP contribution in [0, 0.1) is 11.7 Å². The second kappa shape index (κ2) is 5.83. The second-order valence-electron chi connectivity index (χ2n) is 4.83. The van der Waals surface area contributed by atoms with Gasteiger partial charge in [-0.25, -0.2) is 4.39 Å². The SMILES string of the molecule is O[C@H](c1c(F)cccc1Cl)C1CCCCCC1. The molecule has 0 unspecified atom stereocenters. The van der Waals surface area contributed by atoms with Gasteiger partial charge in [-0.05, 0) is 30.9 Å². The first kappa shape index (κ1) is 12.8. The summed E-state index contributed by atoms with van der Waals surface area (Å²) in [5.41, 5.74) is 0.279. The van der Waals surface area contributed by atoms with Gasteiger partial charge in [0.15, 0.2) is 0 Å². The summed E-state index contributed by atoms with van der Waals surface area (Å²) in [5, 5.41) is 10.6. The molecule has 0 saturated heterocycles. The summed E-state index contributed by atoms with van der Waals surface area (Å²) >= 11 is 5.98. The maximum atomic E-state index is 13.7. The minimum Gasteiger partial charge on any atom is -0.388 e. The molecule has 1 aromatic rings. The molecule has 17 heavy (non-hydrogen) atoms. The van der Waals surface area contributed by atoms with Crippen molar-refractivity contribution in [3.05, 3.63) is 34.6 Å². The predicted molar refractivity (Wildman–Crippen MR) is 67.6 cm³/mol. The van der Waals surface area contributed by atoms with Gasteiger partial charge in [0, 0.05) is 10.6 Å². The van der Waals surface area contributed by atoms with Crippen LogP contribution in [0.2, 0.25) is 5.02 Å². The Bertz CT molecular complexity index is 352. The molecule has 0 spiro atoms. The van der Waals surface area contributed by atoms with Crippen molar-refractivity contribution in [2.45, 2.75) is 44.6 Å². The van der Waals surface area contributed by atoms with E-state index in [2.05, 4.69) is 0 Å². The van der Waals surface area contributed by atoms with Crippen molar-refractivity contribution in [2.24, 2.45) is 5.92 Å². The minimum atomic E-state index is -0.762. The number of hydrogen-bond acceptors (Lipinski definition) is 1. The summed E-state index contributed by atoms with van der Waals surface area (Å²) in [7, 11) is 0. The molecule has 1 aliphatic rings. The van der Waals surface area contributed by atoms with E-state index in [4.69, 9.17) is 11.6 Å². The van der Waals surface area contributed by atoms with E-state index in [1.807, 2.05) is 0 Å². The summed E-state index contributed by atoms with van der Waals surface area (Å²) in [6, 6.07) is 4.57. The van der Waals surface area contributed by atoms with E-state index >= 15 is 0 Å². The van der Waals surface area contributed by atoms with Gasteiger partial charge >= 0.3 is 0 Å². The Morgan fingerprint density at radius 3 is 2.41 bits per heavy atom. The summed E-state index contributed by atoms with van der Waals surface area (Å²) in [4.78, 5) is 0. The van der Waals surface area contributed by atoms with Crippen LogP contribution in [0.3, 0.4) is 0 Å². The Kier molecular flexibility index (Phi) is 4.41. The van der Waals surface area contributed by atoms with Crippen LogP contribution in [-0.4, -0.2) is 5.11 Å². The van der Waals surface area contributed by atoms with Gasteiger partial charge in [0.05, 0.1) is 6.10 Å². The van der Waals surface area contributed by atoms with Gasteiger partial charge in [-0.2, -0.15) is 0 Å². The number of rotatable bonds is 2. The molecule has 94 valence electrons. The molecule has 0 heterocycles. The third kappa shape index (κ3) is 2.99. The summed E-state index contributed by atoms with van der Waals surface area (Å²) in [5.74, 6) is -0.249. The van der Waals surface area contributed by atoms with Crippen molar-refractivity contribution < 1.29 is 9.50 Å². The topological polar surface area (TPSA) is 20.2 Å². The highest BCUT2D eigenvalue weighted by Gasteiger charge is 2.26. The average molecular weight is 257 g/mol. The fraction of sp³-hybridized carbons (Fsp3) is 0.571. The Hall–Kier alpha value is -0.600. The number of benzene rings is 1. The molecule has 1 aromatic carbocycles. The zero-order chi connectivity index (χ0) is 12.3. The summed E-state index contributed by atoms with van der Waals surface area (Å²) in [6.45, 7) is 0. The molecular weight excluding hydrogens is 239 g/mol. The van der Waals surface area contributed by atoms with Crippen molar-refractivity contribution in [3.8, 4) is 0 Å². The predicted octanol–water partition coefficient (Wildman–Crippen LogP) is 4.48. The van der Waals surface area contributed by atoms with Crippen molar-refractivity contribution in [3.63, 3.8) is 0 Å². The molecule has 2 rings (SSSR count). The van der Waals surface area contributed by atoms with Crippen molar-refractivity contribution in [2.75, 3.05) is 0 Å². The molecule has 1 saturated carbocycles. The van der Waals surface area contributed by atoms with Crippen LogP contribution < -0.4 is 0 Å². The quantitative estimate of drug-likeness (QED) is 0.774. The van der Waals surface area contributed by atoms with E-state index in [-0.39, 0.29) is 11.5 Å². The van der Waals surface area contributed by atoms with Gasteiger partial charge in [0.2, 0.25) is 0 Å². The van der Waals surface area contributed by atoms with Crippen LogP contribution in [0.1, 0.15) is 50.2 Å². The molecule has 0 bridgehead atoms. The lowest BCUT2D eigenvalue weighted by Gasteiger charge is -2.22. The van der Waals surface area contributed by atoms with E-state index in [1.54, 1.807) is 12.1 Å². The highest BCUT2D eigenvalue weighted by Crippen LogP contribution is 2.37. The van der Waals surface area contributed by atoms with Crippen molar-refractivity contribution >= 4 is 11.6 Å². The lowest BCUT2D eigenvalue weighted by molar-refractivity contribution is 0.0953. The monoisotopic (exact) mass is 256 g/mol. The molecule has 1 fully saturated rings. The molecule has 0 amide bonds. The highest BCUT2D eigenvalue weighted by molar-refractivity contribution is 6.31. The Balaban J connectivity index is 2.20. The van der Waals surface area contributed by atoms with E-state index in [0.717, 1.165) is 25.7 Å². The lowest BCUT2D eigenvalue weighted by atomic mass is 9.89. The highest BCUT2D eigenvalue weighted by atomic mass is 35.5. The van der Waals surface area contributed by atoms with Crippen LogP contribution in [0.15, 0.2) is 18.2 Å². The molecule has 0 radical (unpaired) electrons. The van der Waals surface area contributed by atoms with E-state index in [0.29, 0.717) is 5.02 Å². The molecule has 1 nitrogen and oxygen atoms in total. The third-order valence-corrected chi connectivity index (χ3v) is 3.97. The van der Waals surface area contributed by atoms with E-state index in [9.17, 15) is 9.50 Å². The third-order valence-electron chi connectivity index (χ3n) is 3.64. The zero-order valence-corrected chi connectivity index (χ0v) is 10.6. The van der Waals surface area contributed by atoms with Crippen molar-refractivity contribution in [1.29, 1.82) is 0 Å². The van der Waals surface area contributed by atoms with Gasteiger partial charge in [-0.3, -0.25) is 0 Å². The van der Waals surface area contributed by atoms with Gasteiger partial charge in [-0.1, -0.05) is 43.4 Å². The molecule has 0 aromatic heterocycles. The van der Waals surface area contributed by atoms with Crippen molar-refractivity contribution in [1.82, 2.24) is 0 Å². The van der Waals surface area contributed by atoms with Gasteiger partial charge in [0.25, 0.3) is 0 Å². The maximum absolute atomic E-state index is 13.7. The van der Waals surface area contributed by atoms with Crippen LogP contribution >= 0.6 is 11.6 Å². The van der Waals surface area contributed by atoms with Crippen LogP contribution in [0.5, 0.6) is 0 Å². The van der Waals surface area contributed by atoms with Crippen LogP contribution in [0.4, 0.5) is 4.39 Å². The first-order valence-corrected chi connectivity index (χ1v) is 6.70. The number of aliphatic hydroxyl groups is 1. The molecular formula is C14H18ClFO. The number of aliphatic hydroxyl groups excluding tert-OH is 1. The normalized spacial score (nSPS) is 19.9. The Morgan fingerprint density at radius 2 is 1.82 bits per heavy atom. The minimum absolute atomic E-state index is 0.145. The first-order valence-electron chi connectivity index (χ1n) is 6.32. The fourth-order valence-corrected chi connectivity index (χ4v) is 2.93. The van der Waals surface area contributed by atoms with E-state index < -0.39 is 11.9 Å². The molecule has 1 aliphatic carbocycles. The van der Waals surface area contributed by atoms with Gasteiger partial charge < -0.3 is 5.11 Å². The summed E-state index contributed by atoms with van der Waals surface area (Å²) < 4.78 is 13.7. The number of halogens is 2. The second-order valence-corrected chi connectivity index (χ2v) is 5.24. The van der Waals surface area contributed by atoms with Crippen LogP contribution in [-0.2, 0) is 0 Å². The maximum Gasteiger partial charge on any atom is 0.130 e. The molecule has 3 heteroatoms. The first-order chi connectivity index (χ1) is 8.20. The van der Waals surface area contributed by atoms with Gasteiger partial charge in [-0.15, -0.1) is 0 Å². The summed E-state index contributed by atoms with van der Waals surface area (Å²) in [6.07, 6.45) is 5.84. The lowest BCUT2D eigenvalue weighted by Crippen LogP contribution is -2.14. The molecule has 1 N–H and O–H groups in total. The van der Waals surface area contributed by atoms with Gasteiger partial charge in [0.1, 0.15) is 5.82 Å². The number of hydrogen-bond donors (Lipinski definition) is 1. The van der Waals surface area contributed by atoms with E-state index in [1.165, 1.54) is 18.9 Å². The van der Waals surface area contributed by atoms with Crippen LogP contribution in [0.25, 0.3) is 0 Å². The standard InChI is InChI=1S/C14H18ClFO/c15-11-8-5-9-12(16)13(11)14(17)10-6-3-1-2-4-7-10/h5,8-10,14,17H,1-4,6-7H2/t14-/m0/s1. The largest absolute Gasteiger partial charge is 0.388 e. The molecule has 1 atom stereocenters. The average Bonchev–Trinajstić information content (AvgIpc) is 2.57. The Morgan fingerprint density at radius 1 is 1.18 bits per heavy atom.